The first-order chi connectivity index (χ1) is 14.8. The molecule has 0 radical (unpaired) electrons. The van der Waals surface area contributed by atoms with E-state index in [9.17, 15) is 18.0 Å². The number of hydrogen-bond acceptors (Lipinski definition) is 4. The van der Waals surface area contributed by atoms with E-state index < -0.39 is 10.0 Å². The molecule has 0 spiro atoms. The number of amides is 2. The van der Waals surface area contributed by atoms with E-state index in [1.165, 1.54) is 30.3 Å². The summed E-state index contributed by atoms with van der Waals surface area (Å²) in [5, 5.41) is 3.21. The third-order valence-electron chi connectivity index (χ3n) is 4.99. The van der Waals surface area contributed by atoms with Gasteiger partial charge in [-0.3, -0.25) is 14.3 Å². The fourth-order valence-electron chi connectivity index (χ4n) is 3.42. The highest BCUT2D eigenvalue weighted by Crippen LogP contribution is 2.22. The van der Waals surface area contributed by atoms with Gasteiger partial charge in [0.05, 0.1) is 10.8 Å². The maximum Gasteiger partial charge on any atom is 0.261 e. The highest BCUT2D eigenvalue weighted by atomic mass is 35.5. The Morgan fingerprint density at radius 2 is 1.94 bits per heavy atom. The van der Waals surface area contributed by atoms with Gasteiger partial charge in [0.15, 0.2) is 0 Å². The fourth-order valence-corrected chi connectivity index (χ4v) is 4.59. The van der Waals surface area contributed by atoms with E-state index in [1.54, 1.807) is 29.2 Å². The zero-order valence-electron chi connectivity index (χ0n) is 16.9. The number of halogens is 1. The van der Waals surface area contributed by atoms with Crippen molar-refractivity contribution in [2.45, 2.75) is 17.7 Å². The minimum atomic E-state index is -3.82. The molecule has 1 saturated heterocycles. The Kier molecular flexibility index (Phi) is 7.35. The van der Waals surface area contributed by atoms with Crippen molar-refractivity contribution < 1.29 is 18.0 Å². The second-order valence-corrected chi connectivity index (χ2v) is 9.38. The lowest BCUT2D eigenvalue weighted by atomic mass is 9.96. The molecule has 1 aliphatic rings. The van der Waals surface area contributed by atoms with Gasteiger partial charge in [-0.2, -0.15) is 0 Å². The molecule has 1 fully saturated rings. The molecule has 0 aliphatic carbocycles. The van der Waals surface area contributed by atoms with Gasteiger partial charge in [-0.15, -0.1) is 6.58 Å². The van der Waals surface area contributed by atoms with Crippen molar-refractivity contribution in [3.63, 3.8) is 0 Å². The predicted molar refractivity (Wildman–Crippen MR) is 121 cm³/mol. The monoisotopic (exact) mass is 461 g/mol. The van der Waals surface area contributed by atoms with Crippen LogP contribution in [0, 0.1) is 5.92 Å². The van der Waals surface area contributed by atoms with Gasteiger partial charge in [-0.05, 0) is 55.3 Å². The van der Waals surface area contributed by atoms with E-state index in [4.69, 9.17) is 11.6 Å². The van der Waals surface area contributed by atoms with Crippen molar-refractivity contribution >= 4 is 39.1 Å². The van der Waals surface area contributed by atoms with E-state index in [0.717, 1.165) is 6.42 Å². The standard InChI is InChI=1S/C22H24ClN3O4S/c1-2-12-24-21(27)17-6-4-13-26(15-17)22(28)16-5-3-7-19(14-16)25-31(29,30)20-10-8-18(23)9-11-20/h2-3,5,7-11,14,17,25H,1,4,6,12-13,15H2,(H,24,27). The lowest BCUT2D eigenvalue weighted by Gasteiger charge is -2.32. The molecule has 2 N–H and O–H groups in total. The first-order valence-corrected chi connectivity index (χ1v) is 11.7. The molecule has 0 aromatic heterocycles. The number of rotatable bonds is 7. The number of carbonyl (C=O) groups is 2. The summed E-state index contributed by atoms with van der Waals surface area (Å²) >= 11 is 5.82. The summed E-state index contributed by atoms with van der Waals surface area (Å²) in [4.78, 5) is 26.9. The summed E-state index contributed by atoms with van der Waals surface area (Å²) in [5.41, 5.74) is 0.626. The van der Waals surface area contributed by atoms with Crippen LogP contribution in [0.1, 0.15) is 23.2 Å². The van der Waals surface area contributed by atoms with Gasteiger partial charge in [0.1, 0.15) is 0 Å². The van der Waals surface area contributed by atoms with Gasteiger partial charge in [-0.25, -0.2) is 8.42 Å². The van der Waals surface area contributed by atoms with Crippen molar-refractivity contribution in [1.82, 2.24) is 10.2 Å². The highest BCUT2D eigenvalue weighted by molar-refractivity contribution is 7.92. The summed E-state index contributed by atoms with van der Waals surface area (Å²) in [6.07, 6.45) is 3.05. The lowest BCUT2D eigenvalue weighted by Crippen LogP contribution is -2.45. The first kappa shape index (κ1) is 22.8. The van der Waals surface area contributed by atoms with Crippen LogP contribution in [0.4, 0.5) is 5.69 Å². The molecule has 0 bridgehead atoms. The molecule has 2 amide bonds. The summed E-state index contributed by atoms with van der Waals surface area (Å²) < 4.78 is 27.7. The number of nitrogens with zero attached hydrogens (tertiary/aromatic N) is 1. The van der Waals surface area contributed by atoms with E-state index in [0.29, 0.717) is 36.6 Å². The summed E-state index contributed by atoms with van der Waals surface area (Å²) in [7, 11) is -3.82. The van der Waals surface area contributed by atoms with Crippen LogP contribution in [0.5, 0.6) is 0 Å². The molecule has 1 aliphatic heterocycles. The molecular weight excluding hydrogens is 438 g/mol. The quantitative estimate of drug-likeness (QED) is 0.618. The maximum atomic E-state index is 13.0. The topological polar surface area (TPSA) is 95.6 Å². The number of nitrogens with one attached hydrogen (secondary N) is 2. The van der Waals surface area contributed by atoms with Crippen molar-refractivity contribution in [2.75, 3.05) is 24.4 Å². The third kappa shape index (κ3) is 5.86. The molecule has 3 rings (SSSR count). The number of likely N-dealkylation sites (tertiary alicyclic amines) is 1. The Hall–Kier alpha value is -2.84. The van der Waals surface area contributed by atoms with Gasteiger partial charge in [0.2, 0.25) is 5.91 Å². The molecule has 0 saturated carbocycles. The normalized spacial score (nSPS) is 16.4. The van der Waals surface area contributed by atoms with Crippen molar-refractivity contribution in [3.8, 4) is 0 Å². The minimum Gasteiger partial charge on any atom is -0.352 e. The third-order valence-corrected chi connectivity index (χ3v) is 6.63. The van der Waals surface area contributed by atoms with Crippen LogP contribution >= 0.6 is 11.6 Å². The van der Waals surface area contributed by atoms with Crippen LogP contribution < -0.4 is 10.0 Å². The van der Waals surface area contributed by atoms with Crippen LogP contribution in [0.25, 0.3) is 0 Å². The van der Waals surface area contributed by atoms with Crippen LogP contribution in [0.3, 0.4) is 0 Å². The van der Waals surface area contributed by atoms with E-state index in [1.807, 2.05) is 0 Å². The fraction of sp³-hybridized carbons (Fsp3) is 0.273. The number of anilines is 1. The average molecular weight is 462 g/mol. The smallest absolute Gasteiger partial charge is 0.261 e. The van der Waals surface area contributed by atoms with Gasteiger partial charge in [0, 0.05) is 35.9 Å². The Morgan fingerprint density at radius 1 is 1.19 bits per heavy atom. The summed E-state index contributed by atoms with van der Waals surface area (Å²) in [6, 6.07) is 12.1. The number of sulfonamides is 1. The van der Waals surface area contributed by atoms with Crippen LogP contribution in [0.15, 0.2) is 66.1 Å². The Bertz CT molecular complexity index is 1070. The van der Waals surface area contributed by atoms with Gasteiger partial charge in [0.25, 0.3) is 15.9 Å². The number of hydrogen-bond donors (Lipinski definition) is 2. The molecule has 1 atom stereocenters. The van der Waals surface area contributed by atoms with Gasteiger partial charge < -0.3 is 10.2 Å². The summed E-state index contributed by atoms with van der Waals surface area (Å²) in [5.74, 6) is -0.611. The Morgan fingerprint density at radius 3 is 2.65 bits per heavy atom. The van der Waals surface area contributed by atoms with Crippen LogP contribution in [0.2, 0.25) is 5.02 Å². The van der Waals surface area contributed by atoms with E-state index >= 15 is 0 Å². The SMILES string of the molecule is C=CCNC(=O)C1CCCN(C(=O)c2cccc(NS(=O)(=O)c3ccc(Cl)cc3)c2)C1. The number of benzene rings is 2. The molecule has 1 unspecified atom stereocenters. The van der Waals surface area contributed by atoms with Gasteiger partial charge >= 0.3 is 0 Å². The number of carbonyl (C=O) groups excluding carboxylic acids is 2. The minimum absolute atomic E-state index is 0.0676. The zero-order chi connectivity index (χ0) is 22.4. The predicted octanol–water partition coefficient (Wildman–Crippen LogP) is 3.30. The van der Waals surface area contributed by atoms with Gasteiger partial charge in [-0.1, -0.05) is 23.7 Å². The van der Waals surface area contributed by atoms with Crippen molar-refractivity contribution in [3.05, 3.63) is 71.8 Å². The van der Waals surface area contributed by atoms with Crippen molar-refractivity contribution in [1.29, 1.82) is 0 Å². The molecule has 9 heteroatoms. The summed E-state index contributed by atoms with van der Waals surface area (Å²) in [6.45, 7) is 4.84. The Labute approximate surface area is 187 Å². The van der Waals surface area contributed by atoms with Crippen molar-refractivity contribution in [2.24, 2.45) is 5.92 Å². The molecule has 1 heterocycles. The highest BCUT2D eigenvalue weighted by Gasteiger charge is 2.29. The maximum absolute atomic E-state index is 13.0. The lowest BCUT2D eigenvalue weighted by molar-refractivity contribution is -0.126. The Balaban J connectivity index is 1.72. The largest absolute Gasteiger partial charge is 0.352 e. The number of piperidine rings is 1. The second kappa shape index (κ2) is 9.98. The van der Waals surface area contributed by atoms with E-state index in [2.05, 4.69) is 16.6 Å². The first-order valence-electron chi connectivity index (χ1n) is 9.86. The zero-order valence-corrected chi connectivity index (χ0v) is 18.5. The van der Waals surface area contributed by atoms with Crippen LogP contribution in [-0.2, 0) is 14.8 Å². The van der Waals surface area contributed by atoms with Crippen LogP contribution in [-0.4, -0.2) is 44.8 Å². The molecule has 2 aromatic rings. The molecule has 7 nitrogen and oxygen atoms in total. The molecule has 31 heavy (non-hydrogen) atoms. The second-order valence-electron chi connectivity index (χ2n) is 7.26. The van der Waals surface area contributed by atoms with E-state index in [-0.39, 0.29) is 28.3 Å². The molecular formula is C22H24ClN3O4S. The average Bonchev–Trinajstić information content (AvgIpc) is 2.77. The molecule has 2 aromatic carbocycles. The molecule has 164 valence electrons.